The van der Waals surface area contributed by atoms with Crippen molar-refractivity contribution >= 4 is 5.97 Å². The van der Waals surface area contributed by atoms with E-state index in [2.05, 4.69) is 0 Å². The minimum Gasteiger partial charge on any atom is -0.463 e. The number of benzene rings is 1. The van der Waals surface area contributed by atoms with Gasteiger partial charge in [-0.3, -0.25) is 0 Å². The zero-order valence-corrected chi connectivity index (χ0v) is 15.8. The van der Waals surface area contributed by atoms with E-state index in [0.717, 1.165) is 0 Å². The molecule has 1 aliphatic heterocycles. The molecule has 9 heteroatoms. The van der Waals surface area contributed by atoms with Crippen molar-refractivity contribution in [3.63, 3.8) is 0 Å². The predicted molar refractivity (Wildman–Crippen MR) is 98.1 cm³/mol. The van der Waals surface area contributed by atoms with Crippen LogP contribution in [-0.2, 0) is 4.74 Å². The Morgan fingerprint density at radius 3 is 2.25 bits per heavy atom. The summed E-state index contributed by atoms with van der Waals surface area (Å²) >= 11 is 0. The molecule has 0 saturated carbocycles. The summed E-state index contributed by atoms with van der Waals surface area (Å²) in [5.41, 5.74) is 0.770. The average Bonchev–Trinajstić information content (AvgIpc) is 2.71. The van der Waals surface area contributed by atoms with E-state index >= 15 is 0 Å². The van der Waals surface area contributed by atoms with Crippen molar-refractivity contribution in [1.82, 2.24) is 4.90 Å². The van der Waals surface area contributed by atoms with Crippen LogP contribution in [0.4, 0.5) is 0 Å². The molecule has 156 valence electrons. The van der Waals surface area contributed by atoms with Gasteiger partial charge < -0.3 is 39.9 Å². The third kappa shape index (κ3) is 4.62. The SMILES string of the molecule is CCOC(=O)c1ccc(O/C=C(\CC)N2C(O)[C@H](O)[C@@H](O)[C@H](O)[C@H]2CO)cc1. The molecule has 1 unspecified atom stereocenters. The highest BCUT2D eigenvalue weighted by molar-refractivity contribution is 5.89. The summed E-state index contributed by atoms with van der Waals surface area (Å²) in [6.07, 6.45) is -4.51. The van der Waals surface area contributed by atoms with Crippen LogP contribution >= 0.6 is 0 Å². The zero-order valence-electron chi connectivity index (χ0n) is 15.8. The molecule has 1 aliphatic rings. The lowest BCUT2D eigenvalue weighted by Gasteiger charge is -2.48. The second kappa shape index (κ2) is 9.85. The van der Waals surface area contributed by atoms with E-state index in [1.807, 2.05) is 0 Å². The molecular formula is C19H27NO8. The molecule has 0 radical (unpaired) electrons. The van der Waals surface area contributed by atoms with Gasteiger partial charge >= 0.3 is 5.97 Å². The molecule has 1 fully saturated rings. The zero-order chi connectivity index (χ0) is 20.8. The van der Waals surface area contributed by atoms with Crippen LogP contribution in [-0.4, -0.2) is 80.2 Å². The van der Waals surface area contributed by atoms with Crippen molar-refractivity contribution in [1.29, 1.82) is 0 Å². The standard InChI is InChI=1S/C19H27NO8/c1-3-12(20-14(9-21)15(22)16(23)17(24)18(20)25)10-28-13-7-5-11(6-8-13)19(26)27-4-2/h5-8,10,14-18,21-25H,3-4,9H2,1-2H3/b12-10+/t14-,15-,16+,17-,18?/m1/s1. The van der Waals surface area contributed by atoms with Crippen molar-refractivity contribution < 1.29 is 39.8 Å². The summed E-state index contributed by atoms with van der Waals surface area (Å²) in [6, 6.07) is 5.21. The second-order valence-corrected chi connectivity index (χ2v) is 6.37. The Morgan fingerprint density at radius 1 is 1.07 bits per heavy atom. The van der Waals surface area contributed by atoms with Gasteiger partial charge in [-0.25, -0.2) is 4.79 Å². The summed E-state index contributed by atoms with van der Waals surface area (Å²) in [4.78, 5) is 12.9. The van der Waals surface area contributed by atoms with Crippen molar-refractivity contribution in [2.24, 2.45) is 0 Å². The molecule has 0 aromatic heterocycles. The minimum atomic E-state index is -1.61. The number of carbonyl (C=O) groups excluding carboxylic acids is 1. The second-order valence-electron chi connectivity index (χ2n) is 6.37. The highest BCUT2D eigenvalue weighted by Crippen LogP contribution is 2.28. The lowest BCUT2D eigenvalue weighted by Crippen LogP contribution is -2.66. The Labute approximate surface area is 163 Å². The highest BCUT2D eigenvalue weighted by atomic mass is 16.5. The molecule has 2 rings (SSSR count). The van der Waals surface area contributed by atoms with Crippen LogP contribution in [0.5, 0.6) is 5.75 Å². The molecule has 0 spiro atoms. The van der Waals surface area contributed by atoms with Crippen molar-refractivity contribution in [2.45, 2.75) is 50.8 Å². The molecular weight excluding hydrogens is 370 g/mol. The maximum absolute atomic E-state index is 11.7. The lowest BCUT2D eigenvalue weighted by atomic mass is 9.92. The van der Waals surface area contributed by atoms with Crippen molar-refractivity contribution in [3.8, 4) is 5.75 Å². The Morgan fingerprint density at radius 2 is 1.71 bits per heavy atom. The van der Waals surface area contributed by atoms with Crippen LogP contribution in [0.1, 0.15) is 30.6 Å². The number of rotatable bonds is 7. The number of piperidine rings is 1. The summed E-state index contributed by atoms with van der Waals surface area (Å²) in [5.74, 6) is -0.0326. The number of likely N-dealkylation sites (tertiary alicyclic amines) is 1. The van der Waals surface area contributed by atoms with Crippen LogP contribution < -0.4 is 4.74 Å². The molecule has 28 heavy (non-hydrogen) atoms. The number of carbonyl (C=O) groups is 1. The van der Waals surface area contributed by atoms with E-state index in [0.29, 0.717) is 23.4 Å². The Kier molecular flexibility index (Phi) is 7.78. The minimum absolute atomic E-state index is 0.274. The van der Waals surface area contributed by atoms with Crippen LogP contribution in [0.25, 0.3) is 0 Å². The first-order chi connectivity index (χ1) is 13.3. The average molecular weight is 397 g/mol. The van der Waals surface area contributed by atoms with E-state index in [9.17, 15) is 30.3 Å². The molecule has 1 saturated heterocycles. The highest BCUT2D eigenvalue weighted by Gasteiger charge is 2.47. The van der Waals surface area contributed by atoms with Gasteiger partial charge in [0.15, 0.2) is 6.23 Å². The number of nitrogens with zero attached hydrogens (tertiary/aromatic N) is 1. The number of aliphatic hydroxyl groups excluding tert-OH is 5. The molecule has 1 aromatic carbocycles. The molecule has 0 amide bonds. The van der Waals surface area contributed by atoms with E-state index < -0.39 is 43.2 Å². The first-order valence-corrected chi connectivity index (χ1v) is 9.10. The molecule has 1 heterocycles. The van der Waals surface area contributed by atoms with Gasteiger partial charge in [0, 0.05) is 0 Å². The molecule has 9 nitrogen and oxygen atoms in total. The van der Waals surface area contributed by atoms with Gasteiger partial charge in [0.05, 0.1) is 30.5 Å². The Balaban J connectivity index is 2.19. The Bertz CT molecular complexity index is 677. The molecule has 1 aromatic rings. The smallest absolute Gasteiger partial charge is 0.338 e. The predicted octanol–water partition coefficient (Wildman–Crippen LogP) is -0.429. The lowest BCUT2D eigenvalue weighted by molar-refractivity contribution is -0.213. The number of esters is 1. The fourth-order valence-corrected chi connectivity index (χ4v) is 3.06. The number of allylic oxidation sites excluding steroid dienone is 1. The molecule has 5 N–H and O–H groups in total. The summed E-state index contributed by atoms with van der Waals surface area (Å²) in [6.45, 7) is 3.21. The van der Waals surface area contributed by atoms with Crippen molar-refractivity contribution in [2.75, 3.05) is 13.2 Å². The van der Waals surface area contributed by atoms with Crippen molar-refractivity contribution in [3.05, 3.63) is 41.8 Å². The topological polar surface area (TPSA) is 140 Å². The molecule has 5 atom stereocenters. The van der Waals surface area contributed by atoms with Gasteiger partial charge in [-0.1, -0.05) is 6.92 Å². The largest absolute Gasteiger partial charge is 0.463 e. The maximum Gasteiger partial charge on any atom is 0.338 e. The maximum atomic E-state index is 11.7. The van der Waals surface area contributed by atoms with Crippen LogP contribution in [0.3, 0.4) is 0 Å². The van der Waals surface area contributed by atoms with E-state index in [4.69, 9.17) is 9.47 Å². The monoisotopic (exact) mass is 397 g/mol. The fraction of sp³-hybridized carbons (Fsp3) is 0.526. The van der Waals surface area contributed by atoms with E-state index in [1.165, 1.54) is 11.2 Å². The van der Waals surface area contributed by atoms with Gasteiger partial charge in [-0.05, 0) is 37.6 Å². The third-order valence-corrected chi connectivity index (χ3v) is 4.62. The summed E-state index contributed by atoms with van der Waals surface area (Å²) in [5, 5.41) is 49.8. The van der Waals surface area contributed by atoms with E-state index in [-0.39, 0.29) is 6.61 Å². The van der Waals surface area contributed by atoms with Crippen LogP contribution in [0, 0.1) is 0 Å². The summed E-state index contributed by atoms with van der Waals surface area (Å²) < 4.78 is 10.5. The first-order valence-electron chi connectivity index (χ1n) is 9.10. The fourth-order valence-electron chi connectivity index (χ4n) is 3.06. The van der Waals surface area contributed by atoms with Gasteiger partial charge in [-0.2, -0.15) is 0 Å². The summed E-state index contributed by atoms with van der Waals surface area (Å²) in [7, 11) is 0. The first kappa shape index (κ1) is 22.1. The van der Waals surface area contributed by atoms with Gasteiger partial charge in [0.25, 0.3) is 0 Å². The van der Waals surface area contributed by atoms with Gasteiger partial charge in [-0.15, -0.1) is 0 Å². The van der Waals surface area contributed by atoms with Gasteiger partial charge in [0.1, 0.15) is 30.3 Å². The van der Waals surface area contributed by atoms with Gasteiger partial charge in [0.2, 0.25) is 0 Å². The molecule has 0 bridgehead atoms. The van der Waals surface area contributed by atoms with Crippen LogP contribution in [0.15, 0.2) is 36.2 Å². The molecule has 0 aliphatic carbocycles. The van der Waals surface area contributed by atoms with E-state index in [1.54, 1.807) is 38.1 Å². The normalized spacial score (nSPS) is 28.2. The Hall–Kier alpha value is -2.17. The third-order valence-electron chi connectivity index (χ3n) is 4.62. The van der Waals surface area contributed by atoms with Crippen LogP contribution in [0.2, 0.25) is 0 Å². The quantitative estimate of drug-likeness (QED) is 0.306. The number of aliphatic hydroxyl groups is 5. The number of hydrogen-bond donors (Lipinski definition) is 5. The number of hydrogen-bond acceptors (Lipinski definition) is 9. The number of ether oxygens (including phenoxy) is 2.